The predicted molar refractivity (Wildman–Crippen MR) is 50.1 cm³/mol. The normalized spacial score (nSPS) is 10.0. The Labute approximate surface area is 77.6 Å². The predicted octanol–water partition coefficient (Wildman–Crippen LogP) is 2.66. The number of aldehydes is 1. The van der Waals surface area contributed by atoms with Crippen LogP contribution in [0.4, 0.5) is 4.39 Å². The van der Waals surface area contributed by atoms with Crippen molar-refractivity contribution < 1.29 is 9.18 Å². The highest BCUT2D eigenvalue weighted by molar-refractivity contribution is 5.49. The van der Waals surface area contributed by atoms with Gasteiger partial charge in [0.25, 0.3) is 0 Å². The van der Waals surface area contributed by atoms with Crippen molar-refractivity contribution in [1.29, 1.82) is 0 Å². The molecule has 0 saturated carbocycles. The largest absolute Gasteiger partial charge is 0.303 e. The number of benzene rings is 1. The fraction of sp³-hybridized carbons (Fsp3) is 0.364. The van der Waals surface area contributed by atoms with Crippen LogP contribution in [0.3, 0.4) is 0 Å². The first-order valence-corrected chi connectivity index (χ1v) is 4.42. The molecule has 0 amide bonds. The highest BCUT2D eigenvalue weighted by Crippen LogP contribution is 2.12. The zero-order valence-electron chi connectivity index (χ0n) is 7.72. The van der Waals surface area contributed by atoms with E-state index < -0.39 is 0 Å². The SMILES string of the molecule is Cc1cc(F)ccc1CCCC=O. The second-order valence-corrected chi connectivity index (χ2v) is 3.13. The fourth-order valence-corrected chi connectivity index (χ4v) is 1.32. The van der Waals surface area contributed by atoms with E-state index in [0.29, 0.717) is 6.42 Å². The van der Waals surface area contributed by atoms with Crippen LogP contribution < -0.4 is 0 Å². The summed E-state index contributed by atoms with van der Waals surface area (Å²) in [7, 11) is 0. The molecule has 1 aromatic carbocycles. The molecule has 13 heavy (non-hydrogen) atoms. The molecule has 1 nitrogen and oxygen atoms in total. The lowest BCUT2D eigenvalue weighted by Crippen LogP contribution is -1.91. The number of unbranched alkanes of at least 4 members (excludes halogenated alkanes) is 1. The maximum Gasteiger partial charge on any atom is 0.123 e. The molecule has 0 aliphatic heterocycles. The van der Waals surface area contributed by atoms with E-state index in [-0.39, 0.29) is 5.82 Å². The Balaban J connectivity index is 2.61. The molecule has 0 aromatic heterocycles. The van der Waals surface area contributed by atoms with Gasteiger partial charge in [-0.3, -0.25) is 0 Å². The minimum Gasteiger partial charge on any atom is -0.303 e. The van der Waals surface area contributed by atoms with Gasteiger partial charge in [0, 0.05) is 6.42 Å². The molecule has 0 saturated heterocycles. The zero-order chi connectivity index (χ0) is 9.68. The molecular weight excluding hydrogens is 167 g/mol. The van der Waals surface area contributed by atoms with Crippen molar-refractivity contribution in [3.05, 3.63) is 35.1 Å². The van der Waals surface area contributed by atoms with Gasteiger partial charge in [0.15, 0.2) is 0 Å². The summed E-state index contributed by atoms with van der Waals surface area (Å²) in [4.78, 5) is 10.1. The molecule has 0 N–H and O–H groups in total. The second-order valence-electron chi connectivity index (χ2n) is 3.13. The molecule has 0 aliphatic carbocycles. The van der Waals surface area contributed by atoms with Crippen molar-refractivity contribution in [1.82, 2.24) is 0 Å². The van der Waals surface area contributed by atoms with Crippen molar-refractivity contribution in [3.8, 4) is 0 Å². The molecule has 0 unspecified atom stereocenters. The van der Waals surface area contributed by atoms with Crippen LogP contribution in [-0.2, 0) is 11.2 Å². The highest BCUT2D eigenvalue weighted by Gasteiger charge is 1.99. The average Bonchev–Trinajstić information content (AvgIpc) is 2.09. The molecule has 1 rings (SSSR count). The molecule has 0 aliphatic rings. The first kappa shape index (κ1) is 9.90. The maximum absolute atomic E-state index is 12.7. The molecule has 70 valence electrons. The summed E-state index contributed by atoms with van der Waals surface area (Å²) in [6.45, 7) is 1.89. The number of hydrogen-bond acceptors (Lipinski definition) is 1. The molecule has 2 heteroatoms. The topological polar surface area (TPSA) is 17.1 Å². The van der Waals surface area contributed by atoms with Crippen molar-refractivity contribution in [2.24, 2.45) is 0 Å². The number of carbonyl (C=O) groups is 1. The molecule has 1 aromatic rings. The van der Waals surface area contributed by atoms with Crippen LogP contribution in [0.15, 0.2) is 18.2 Å². The molecule has 0 bridgehead atoms. The summed E-state index contributed by atoms with van der Waals surface area (Å²) in [5.74, 6) is -0.198. The Morgan fingerprint density at radius 2 is 2.23 bits per heavy atom. The Morgan fingerprint density at radius 3 is 2.85 bits per heavy atom. The van der Waals surface area contributed by atoms with Gasteiger partial charge in [0.05, 0.1) is 0 Å². The maximum atomic E-state index is 12.7. The van der Waals surface area contributed by atoms with Crippen LogP contribution in [0.5, 0.6) is 0 Å². The van der Waals surface area contributed by atoms with E-state index in [1.54, 1.807) is 6.07 Å². The Bertz CT molecular complexity index is 294. The Hall–Kier alpha value is -1.18. The van der Waals surface area contributed by atoms with Crippen molar-refractivity contribution in [2.75, 3.05) is 0 Å². The lowest BCUT2D eigenvalue weighted by molar-refractivity contribution is -0.107. The summed E-state index contributed by atoms with van der Waals surface area (Å²) in [5.41, 5.74) is 2.09. The molecule has 0 atom stereocenters. The van der Waals surface area contributed by atoms with E-state index in [0.717, 1.165) is 30.3 Å². The van der Waals surface area contributed by atoms with E-state index >= 15 is 0 Å². The lowest BCUT2D eigenvalue weighted by Gasteiger charge is -2.03. The minimum atomic E-state index is -0.198. The van der Waals surface area contributed by atoms with Crippen LogP contribution in [0.2, 0.25) is 0 Å². The van der Waals surface area contributed by atoms with Gasteiger partial charge in [-0.1, -0.05) is 6.07 Å². The van der Waals surface area contributed by atoms with Gasteiger partial charge in [-0.25, -0.2) is 4.39 Å². The van der Waals surface area contributed by atoms with Crippen LogP contribution in [-0.4, -0.2) is 6.29 Å². The van der Waals surface area contributed by atoms with Gasteiger partial charge >= 0.3 is 0 Å². The summed E-state index contributed by atoms with van der Waals surface area (Å²) < 4.78 is 12.7. The van der Waals surface area contributed by atoms with Gasteiger partial charge < -0.3 is 4.79 Å². The number of carbonyl (C=O) groups excluding carboxylic acids is 1. The first-order valence-electron chi connectivity index (χ1n) is 4.42. The van der Waals surface area contributed by atoms with Crippen molar-refractivity contribution in [2.45, 2.75) is 26.2 Å². The Kier molecular flexibility index (Phi) is 3.62. The van der Waals surface area contributed by atoms with E-state index in [4.69, 9.17) is 0 Å². The first-order chi connectivity index (χ1) is 6.24. The lowest BCUT2D eigenvalue weighted by atomic mass is 10.0. The monoisotopic (exact) mass is 180 g/mol. The van der Waals surface area contributed by atoms with Gasteiger partial charge in [-0.15, -0.1) is 0 Å². The fourth-order valence-electron chi connectivity index (χ4n) is 1.32. The third kappa shape index (κ3) is 2.98. The van der Waals surface area contributed by atoms with Gasteiger partial charge in [0.2, 0.25) is 0 Å². The zero-order valence-corrected chi connectivity index (χ0v) is 7.72. The number of rotatable bonds is 4. The average molecular weight is 180 g/mol. The van der Waals surface area contributed by atoms with Crippen LogP contribution in [0.25, 0.3) is 0 Å². The summed E-state index contributed by atoms with van der Waals surface area (Å²) in [6.07, 6.45) is 3.19. The molecule has 0 fully saturated rings. The molecular formula is C11H13FO. The van der Waals surface area contributed by atoms with Gasteiger partial charge in [-0.05, 0) is 43.0 Å². The van der Waals surface area contributed by atoms with E-state index in [1.165, 1.54) is 12.1 Å². The summed E-state index contributed by atoms with van der Waals surface area (Å²) >= 11 is 0. The summed E-state index contributed by atoms with van der Waals surface area (Å²) in [6, 6.07) is 4.77. The molecule has 0 heterocycles. The van der Waals surface area contributed by atoms with E-state index in [9.17, 15) is 9.18 Å². The quantitative estimate of drug-likeness (QED) is 0.514. The summed E-state index contributed by atoms with van der Waals surface area (Å²) in [5, 5.41) is 0. The van der Waals surface area contributed by atoms with Crippen LogP contribution in [0, 0.1) is 12.7 Å². The minimum absolute atomic E-state index is 0.198. The Morgan fingerprint density at radius 1 is 1.46 bits per heavy atom. The standard InChI is InChI=1S/C11H13FO/c1-9-8-11(12)6-5-10(9)4-2-3-7-13/h5-8H,2-4H2,1H3. The van der Waals surface area contributed by atoms with Crippen molar-refractivity contribution in [3.63, 3.8) is 0 Å². The highest BCUT2D eigenvalue weighted by atomic mass is 19.1. The van der Waals surface area contributed by atoms with E-state index in [2.05, 4.69) is 0 Å². The molecule has 0 radical (unpaired) electrons. The van der Waals surface area contributed by atoms with Gasteiger partial charge in [-0.2, -0.15) is 0 Å². The smallest absolute Gasteiger partial charge is 0.123 e. The number of halogens is 1. The third-order valence-corrected chi connectivity index (χ3v) is 2.07. The number of hydrogen-bond donors (Lipinski definition) is 0. The van der Waals surface area contributed by atoms with E-state index in [1.807, 2.05) is 6.92 Å². The van der Waals surface area contributed by atoms with Crippen LogP contribution in [0.1, 0.15) is 24.0 Å². The van der Waals surface area contributed by atoms with Crippen molar-refractivity contribution >= 4 is 6.29 Å². The van der Waals surface area contributed by atoms with Crippen LogP contribution >= 0.6 is 0 Å². The molecule has 0 spiro atoms. The number of aryl methyl sites for hydroxylation is 2. The third-order valence-electron chi connectivity index (χ3n) is 2.07. The second kappa shape index (κ2) is 4.75. The van der Waals surface area contributed by atoms with Gasteiger partial charge in [0.1, 0.15) is 12.1 Å².